The van der Waals surface area contributed by atoms with Gasteiger partial charge in [-0.2, -0.15) is 0 Å². The van der Waals surface area contributed by atoms with E-state index in [0.29, 0.717) is 5.69 Å². The lowest BCUT2D eigenvalue weighted by molar-refractivity contribution is -0.118. The number of carbonyl (C=O) groups excluding carboxylic acids is 1. The fourth-order valence-electron chi connectivity index (χ4n) is 1.66. The van der Waals surface area contributed by atoms with Crippen LogP contribution in [0.4, 0.5) is 16.5 Å². The number of nitrogens with two attached hydrogens (primary N) is 1. The Labute approximate surface area is 127 Å². The summed E-state index contributed by atoms with van der Waals surface area (Å²) in [7, 11) is 1.51. The van der Waals surface area contributed by atoms with Gasteiger partial charge in [0.2, 0.25) is 5.91 Å². The van der Waals surface area contributed by atoms with Gasteiger partial charge < -0.3 is 21.1 Å². The number of aryl methyl sites for hydroxylation is 1. The summed E-state index contributed by atoms with van der Waals surface area (Å²) in [4.78, 5) is 16.1. The molecule has 0 spiro atoms. The van der Waals surface area contributed by atoms with Crippen molar-refractivity contribution in [3.8, 4) is 0 Å². The zero-order valence-electron chi connectivity index (χ0n) is 11.9. The summed E-state index contributed by atoms with van der Waals surface area (Å²) in [5.74, 6) is -0.270. The Morgan fingerprint density at radius 2 is 2.05 bits per heavy atom. The Balaban J connectivity index is 1.94. The third kappa shape index (κ3) is 4.52. The lowest BCUT2D eigenvalue weighted by Crippen LogP contribution is -2.39. The molecule has 0 aliphatic rings. The summed E-state index contributed by atoms with van der Waals surface area (Å²) in [6, 6.07) is 6.68. The van der Waals surface area contributed by atoms with Gasteiger partial charge in [-0.3, -0.25) is 4.79 Å². The van der Waals surface area contributed by atoms with Crippen molar-refractivity contribution in [1.82, 2.24) is 4.98 Å². The smallest absolute Gasteiger partial charge is 0.243 e. The quantitative estimate of drug-likeness (QED) is 0.760. The number of nitrogens with zero attached hydrogens (tertiary/aromatic N) is 1. The van der Waals surface area contributed by atoms with E-state index in [2.05, 4.69) is 15.6 Å². The second kappa shape index (κ2) is 7.16. The molecule has 2 rings (SSSR count). The predicted molar refractivity (Wildman–Crippen MR) is 85.1 cm³/mol. The van der Waals surface area contributed by atoms with Gasteiger partial charge in [-0.1, -0.05) is 0 Å². The number of methoxy groups -OCH3 is 1. The van der Waals surface area contributed by atoms with E-state index in [0.717, 1.165) is 16.5 Å². The minimum absolute atomic E-state index is 0.189. The van der Waals surface area contributed by atoms with Crippen LogP contribution in [0.2, 0.25) is 0 Å². The maximum atomic E-state index is 11.7. The minimum atomic E-state index is -0.675. The molecule has 0 bridgehead atoms. The number of thiazole rings is 1. The Morgan fingerprint density at radius 1 is 1.38 bits per heavy atom. The number of nitrogens with one attached hydrogen (secondary N) is 2. The highest BCUT2D eigenvalue weighted by molar-refractivity contribution is 7.13. The molecule has 0 aliphatic heterocycles. The normalized spacial score (nSPS) is 12.0. The third-order valence-electron chi connectivity index (χ3n) is 2.71. The first-order valence-corrected chi connectivity index (χ1v) is 7.31. The van der Waals surface area contributed by atoms with E-state index in [1.54, 1.807) is 23.5 Å². The van der Waals surface area contributed by atoms with Crippen LogP contribution in [0.25, 0.3) is 0 Å². The molecule has 1 atom stereocenters. The van der Waals surface area contributed by atoms with Crippen molar-refractivity contribution >= 4 is 33.8 Å². The number of amides is 1. The van der Waals surface area contributed by atoms with Gasteiger partial charge in [0.25, 0.3) is 0 Å². The molecule has 0 radical (unpaired) electrons. The number of hydrogen-bond donors (Lipinski definition) is 3. The summed E-state index contributed by atoms with van der Waals surface area (Å²) < 4.78 is 4.85. The number of ether oxygens (including phenoxy) is 1. The lowest BCUT2D eigenvalue weighted by Gasteiger charge is -2.11. The van der Waals surface area contributed by atoms with Crippen LogP contribution < -0.4 is 16.4 Å². The zero-order valence-corrected chi connectivity index (χ0v) is 12.7. The van der Waals surface area contributed by atoms with Gasteiger partial charge >= 0.3 is 0 Å². The highest BCUT2D eigenvalue weighted by Crippen LogP contribution is 2.21. The van der Waals surface area contributed by atoms with Crippen molar-refractivity contribution < 1.29 is 9.53 Å². The van der Waals surface area contributed by atoms with Crippen molar-refractivity contribution in [2.45, 2.75) is 13.0 Å². The van der Waals surface area contributed by atoms with Crippen molar-refractivity contribution in [2.24, 2.45) is 5.73 Å². The first-order chi connectivity index (χ1) is 10.1. The molecular formula is C14H18N4O2S. The fraction of sp³-hybridized carbons (Fsp3) is 0.286. The van der Waals surface area contributed by atoms with E-state index in [-0.39, 0.29) is 12.5 Å². The molecule has 4 N–H and O–H groups in total. The lowest BCUT2D eigenvalue weighted by atomic mass is 10.2. The molecule has 2 aromatic rings. The van der Waals surface area contributed by atoms with E-state index in [4.69, 9.17) is 10.5 Å². The van der Waals surface area contributed by atoms with Gasteiger partial charge in [0, 0.05) is 23.9 Å². The average molecular weight is 306 g/mol. The summed E-state index contributed by atoms with van der Waals surface area (Å²) >= 11 is 1.55. The molecular weight excluding hydrogens is 288 g/mol. The molecule has 0 saturated carbocycles. The number of aromatic nitrogens is 1. The topological polar surface area (TPSA) is 89.3 Å². The Kier molecular flexibility index (Phi) is 5.26. The highest BCUT2D eigenvalue weighted by atomic mass is 32.1. The molecule has 7 heteroatoms. The molecule has 0 saturated heterocycles. The third-order valence-corrected chi connectivity index (χ3v) is 3.58. The zero-order chi connectivity index (χ0) is 15.2. The van der Waals surface area contributed by atoms with Crippen LogP contribution in [-0.4, -0.2) is 30.6 Å². The van der Waals surface area contributed by atoms with Gasteiger partial charge in [-0.05, 0) is 31.2 Å². The fourth-order valence-corrected chi connectivity index (χ4v) is 2.37. The van der Waals surface area contributed by atoms with E-state index in [9.17, 15) is 4.79 Å². The van der Waals surface area contributed by atoms with Gasteiger partial charge in [0.05, 0.1) is 12.3 Å². The molecule has 6 nitrogen and oxygen atoms in total. The van der Waals surface area contributed by atoms with Gasteiger partial charge in [0.1, 0.15) is 6.04 Å². The van der Waals surface area contributed by atoms with Crippen LogP contribution in [0.3, 0.4) is 0 Å². The maximum Gasteiger partial charge on any atom is 0.243 e. The second-order valence-electron chi connectivity index (χ2n) is 4.55. The summed E-state index contributed by atoms with van der Waals surface area (Å²) in [5, 5.41) is 8.75. The monoisotopic (exact) mass is 306 g/mol. The summed E-state index contributed by atoms with van der Waals surface area (Å²) in [6.45, 7) is 2.14. The molecule has 1 aromatic heterocycles. The Bertz CT molecular complexity index is 597. The van der Waals surface area contributed by atoms with E-state index >= 15 is 0 Å². The van der Waals surface area contributed by atoms with E-state index < -0.39 is 6.04 Å². The highest BCUT2D eigenvalue weighted by Gasteiger charge is 2.12. The molecule has 112 valence electrons. The first-order valence-electron chi connectivity index (χ1n) is 6.43. The number of rotatable bonds is 6. The van der Waals surface area contributed by atoms with Crippen LogP contribution in [0.15, 0.2) is 29.6 Å². The maximum absolute atomic E-state index is 11.7. The SMILES string of the molecule is COCC(N)C(=O)Nc1ccc(Nc2nc(C)cs2)cc1. The Hall–Kier alpha value is -1.96. The van der Waals surface area contributed by atoms with Crippen molar-refractivity contribution in [2.75, 3.05) is 24.4 Å². The molecule has 1 heterocycles. The molecule has 21 heavy (non-hydrogen) atoms. The number of carbonyl (C=O) groups is 1. The van der Waals surface area contributed by atoms with Crippen molar-refractivity contribution in [3.05, 3.63) is 35.3 Å². The van der Waals surface area contributed by atoms with Crippen LogP contribution in [-0.2, 0) is 9.53 Å². The van der Waals surface area contributed by atoms with Crippen molar-refractivity contribution in [3.63, 3.8) is 0 Å². The van der Waals surface area contributed by atoms with E-state index in [1.807, 2.05) is 24.4 Å². The molecule has 1 amide bonds. The predicted octanol–water partition coefficient (Wildman–Crippen LogP) is 2.11. The van der Waals surface area contributed by atoms with Gasteiger partial charge in [0.15, 0.2) is 5.13 Å². The minimum Gasteiger partial charge on any atom is -0.383 e. The Morgan fingerprint density at radius 3 is 2.62 bits per heavy atom. The average Bonchev–Trinajstić information content (AvgIpc) is 2.86. The van der Waals surface area contributed by atoms with Gasteiger partial charge in [-0.25, -0.2) is 4.98 Å². The summed E-state index contributed by atoms with van der Waals surface area (Å²) in [5.41, 5.74) is 8.23. The molecule has 0 aliphatic carbocycles. The summed E-state index contributed by atoms with van der Waals surface area (Å²) in [6.07, 6.45) is 0. The number of benzene rings is 1. The standard InChI is InChI=1S/C14H18N4O2S/c1-9-8-21-14(16-9)18-11-5-3-10(4-6-11)17-13(19)12(15)7-20-2/h3-6,8,12H,7,15H2,1-2H3,(H,16,18)(H,17,19). The van der Waals surface area contributed by atoms with Crippen molar-refractivity contribution in [1.29, 1.82) is 0 Å². The van der Waals surface area contributed by atoms with E-state index in [1.165, 1.54) is 7.11 Å². The number of anilines is 3. The largest absolute Gasteiger partial charge is 0.383 e. The van der Waals surface area contributed by atoms with Crippen LogP contribution in [0.1, 0.15) is 5.69 Å². The van der Waals surface area contributed by atoms with Crippen LogP contribution in [0.5, 0.6) is 0 Å². The van der Waals surface area contributed by atoms with Crippen LogP contribution in [0, 0.1) is 6.92 Å². The molecule has 0 fully saturated rings. The molecule has 1 aromatic carbocycles. The first kappa shape index (κ1) is 15.4. The van der Waals surface area contributed by atoms with Crippen LogP contribution >= 0.6 is 11.3 Å². The second-order valence-corrected chi connectivity index (χ2v) is 5.41. The van der Waals surface area contributed by atoms with Gasteiger partial charge in [-0.15, -0.1) is 11.3 Å². The molecule has 1 unspecified atom stereocenters. The number of hydrogen-bond acceptors (Lipinski definition) is 6.